The Morgan fingerprint density at radius 1 is 1.00 bits per heavy atom. The molecule has 0 bridgehead atoms. The molecule has 0 heterocycles. The molecule has 0 saturated carbocycles. The van der Waals surface area contributed by atoms with Gasteiger partial charge in [0.15, 0.2) is 17.3 Å². The van der Waals surface area contributed by atoms with Crippen LogP contribution in [0, 0.1) is 5.41 Å². The third-order valence-electron chi connectivity index (χ3n) is 2.68. The van der Waals surface area contributed by atoms with Crippen LogP contribution in [-0.4, -0.2) is 27.1 Å². The van der Waals surface area contributed by atoms with Crippen LogP contribution in [0.15, 0.2) is 24.3 Å². The molecule has 110 valence electrons. The molecular weight excluding hydrogens is 256 g/mol. The van der Waals surface area contributed by atoms with Crippen molar-refractivity contribution in [2.45, 2.75) is 20.8 Å². The number of rotatable bonds is 5. The first-order valence-electron chi connectivity index (χ1n) is 6.36. The van der Waals surface area contributed by atoms with Gasteiger partial charge in [-0.15, -0.1) is 0 Å². The van der Waals surface area contributed by atoms with E-state index in [2.05, 4.69) is 0 Å². The van der Waals surface area contributed by atoms with Crippen molar-refractivity contribution in [1.29, 1.82) is 0 Å². The number of hydrogen-bond donors (Lipinski definition) is 0. The highest BCUT2D eigenvalue weighted by Crippen LogP contribution is 2.38. The van der Waals surface area contributed by atoms with Crippen molar-refractivity contribution in [3.05, 3.63) is 29.8 Å². The number of ketones is 1. The summed E-state index contributed by atoms with van der Waals surface area (Å²) in [5, 5.41) is 0. The molecule has 1 aromatic carbocycles. The molecule has 0 unspecified atom stereocenters. The molecule has 20 heavy (non-hydrogen) atoms. The third-order valence-corrected chi connectivity index (χ3v) is 2.68. The number of carbonyl (C=O) groups excluding carboxylic acids is 1. The van der Waals surface area contributed by atoms with Crippen molar-refractivity contribution in [3.63, 3.8) is 0 Å². The van der Waals surface area contributed by atoms with E-state index in [1.807, 2.05) is 26.8 Å². The van der Waals surface area contributed by atoms with Crippen molar-refractivity contribution < 1.29 is 19.0 Å². The zero-order valence-corrected chi connectivity index (χ0v) is 12.9. The maximum absolute atomic E-state index is 12.2. The van der Waals surface area contributed by atoms with Gasteiger partial charge in [-0.25, -0.2) is 0 Å². The fourth-order valence-electron chi connectivity index (χ4n) is 1.65. The average molecular weight is 278 g/mol. The fraction of sp³-hybridized carbons (Fsp3) is 0.438. The predicted octanol–water partition coefficient (Wildman–Crippen LogP) is 3.50. The molecule has 4 nitrogen and oxygen atoms in total. The average Bonchev–Trinajstić information content (AvgIpc) is 2.42. The lowest BCUT2D eigenvalue weighted by Crippen LogP contribution is -2.03. The van der Waals surface area contributed by atoms with Gasteiger partial charge in [0.25, 0.3) is 0 Å². The van der Waals surface area contributed by atoms with Crippen LogP contribution in [0.4, 0.5) is 0 Å². The van der Waals surface area contributed by atoms with E-state index < -0.39 is 0 Å². The van der Waals surface area contributed by atoms with E-state index in [0.717, 1.165) is 0 Å². The maximum Gasteiger partial charge on any atom is 0.203 e. The van der Waals surface area contributed by atoms with Crippen molar-refractivity contribution in [1.82, 2.24) is 0 Å². The number of hydrogen-bond acceptors (Lipinski definition) is 4. The molecule has 1 aromatic rings. The van der Waals surface area contributed by atoms with E-state index in [9.17, 15) is 4.79 Å². The van der Waals surface area contributed by atoms with Crippen molar-refractivity contribution in [3.8, 4) is 17.2 Å². The zero-order chi connectivity index (χ0) is 15.3. The van der Waals surface area contributed by atoms with Crippen LogP contribution in [0.2, 0.25) is 0 Å². The largest absolute Gasteiger partial charge is 0.493 e. The lowest BCUT2D eigenvalue weighted by Gasteiger charge is -2.14. The number of benzene rings is 1. The van der Waals surface area contributed by atoms with Gasteiger partial charge in [-0.1, -0.05) is 26.8 Å². The second kappa shape index (κ2) is 6.46. The summed E-state index contributed by atoms with van der Waals surface area (Å²) in [5.74, 6) is 1.32. The van der Waals surface area contributed by atoms with Crippen LogP contribution in [0.5, 0.6) is 17.2 Å². The number of carbonyl (C=O) groups is 1. The molecule has 0 radical (unpaired) electrons. The maximum atomic E-state index is 12.2. The van der Waals surface area contributed by atoms with Crippen LogP contribution in [0.1, 0.15) is 31.1 Å². The van der Waals surface area contributed by atoms with Crippen LogP contribution >= 0.6 is 0 Å². The van der Waals surface area contributed by atoms with E-state index in [4.69, 9.17) is 14.2 Å². The normalized spacial score (nSPS) is 11.5. The highest BCUT2D eigenvalue weighted by atomic mass is 16.5. The summed E-state index contributed by atoms with van der Waals surface area (Å²) < 4.78 is 15.7. The zero-order valence-electron chi connectivity index (χ0n) is 12.9. The minimum absolute atomic E-state index is 0.0453. The summed E-state index contributed by atoms with van der Waals surface area (Å²) in [6, 6.07) is 3.30. The monoisotopic (exact) mass is 278 g/mol. The molecular formula is C16H22O4. The smallest absolute Gasteiger partial charge is 0.203 e. The third kappa shape index (κ3) is 4.02. The van der Waals surface area contributed by atoms with E-state index >= 15 is 0 Å². The summed E-state index contributed by atoms with van der Waals surface area (Å²) in [5.41, 5.74) is 0.455. The predicted molar refractivity (Wildman–Crippen MR) is 79.0 cm³/mol. The van der Waals surface area contributed by atoms with Gasteiger partial charge in [-0.2, -0.15) is 0 Å². The van der Waals surface area contributed by atoms with E-state index in [-0.39, 0.29) is 11.2 Å². The van der Waals surface area contributed by atoms with Crippen molar-refractivity contribution in [2.75, 3.05) is 21.3 Å². The molecule has 0 spiro atoms. The van der Waals surface area contributed by atoms with E-state index in [0.29, 0.717) is 22.8 Å². The number of ether oxygens (including phenoxy) is 3. The summed E-state index contributed by atoms with van der Waals surface area (Å²) in [6.07, 6.45) is 3.44. The SMILES string of the molecule is COc1cc(C(=O)/C=C/C(C)(C)C)cc(OC)c1OC. The molecule has 0 saturated heterocycles. The lowest BCUT2D eigenvalue weighted by atomic mass is 9.95. The summed E-state index contributed by atoms with van der Waals surface area (Å²) >= 11 is 0. The topological polar surface area (TPSA) is 44.8 Å². The summed E-state index contributed by atoms with van der Waals surface area (Å²) in [6.45, 7) is 6.10. The van der Waals surface area contributed by atoms with Gasteiger partial charge in [0.2, 0.25) is 5.75 Å². The van der Waals surface area contributed by atoms with Crippen LogP contribution < -0.4 is 14.2 Å². The summed E-state index contributed by atoms with van der Waals surface area (Å²) in [7, 11) is 4.58. The Balaban J connectivity index is 3.20. The van der Waals surface area contributed by atoms with E-state index in [1.54, 1.807) is 18.2 Å². The van der Waals surface area contributed by atoms with Gasteiger partial charge < -0.3 is 14.2 Å². The Bertz CT molecular complexity index is 485. The number of methoxy groups -OCH3 is 3. The molecule has 0 aromatic heterocycles. The fourth-order valence-corrected chi connectivity index (χ4v) is 1.65. The molecule has 0 fully saturated rings. The standard InChI is InChI=1S/C16H22O4/c1-16(2,3)8-7-12(17)11-9-13(18-4)15(20-6)14(10-11)19-5/h7-10H,1-6H3/b8-7+. The van der Waals surface area contributed by atoms with Gasteiger partial charge in [-0.3, -0.25) is 4.79 Å². The quantitative estimate of drug-likeness (QED) is 0.611. The molecule has 0 amide bonds. The second-order valence-corrected chi connectivity index (χ2v) is 5.48. The first-order valence-corrected chi connectivity index (χ1v) is 6.36. The van der Waals surface area contributed by atoms with Crippen LogP contribution in [0.25, 0.3) is 0 Å². The van der Waals surface area contributed by atoms with Crippen molar-refractivity contribution in [2.24, 2.45) is 5.41 Å². The molecule has 4 heteroatoms. The molecule has 0 N–H and O–H groups in total. The first-order chi connectivity index (χ1) is 9.32. The van der Waals surface area contributed by atoms with Gasteiger partial charge in [0.1, 0.15) is 0 Å². The highest BCUT2D eigenvalue weighted by Gasteiger charge is 2.16. The Morgan fingerprint density at radius 3 is 1.85 bits per heavy atom. The van der Waals surface area contributed by atoms with Crippen LogP contribution in [0.3, 0.4) is 0 Å². The number of allylic oxidation sites excluding steroid dienone is 2. The molecule has 0 atom stereocenters. The first kappa shape index (κ1) is 16.1. The van der Waals surface area contributed by atoms with Gasteiger partial charge >= 0.3 is 0 Å². The van der Waals surface area contributed by atoms with Gasteiger partial charge in [0.05, 0.1) is 21.3 Å². The molecule has 0 aliphatic rings. The van der Waals surface area contributed by atoms with Crippen LogP contribution in [-0.2, 0) is 0 Å². The van der Waals surface area contributed by atoms with E-state index in [1.165, 1.54) is 21.3 Å². The molecule has 0 aliphatic carbocycles. The Hall–Kier alpha value is -1.97. The highest BCUT2D eigenvalue weighted by molar-refractivity contribution is 6.05. The molecule has 0 aliphatic heterocycles. The van der Waals surface area contributed by atoms with Gasteiger partial charge in [-0.05, 0) is 23.6 Å². The minimum Gasteiger partial charge on any atom is -0.493 e. The van der Waals surface area contributed by atoms with Crippen molar-refractivity contribution >= 4 is 5.78 Å². The Labute approximate surface area is 120 Å². The Kier molecular flexibility index (Phi) is 5.19. The summed E-state index contributed by atoms with van der Waals surface area (Å²) in [4.78, 5) is 12.2. The lowest BCUT2D eigenvalue weighted by molar-refractivity contribution is 0.104. The second-order valence-electron chi connectivity index (χ2n) is 5.48. The minimum atomic E-state index is -0.0980. The van der Waals surface area contributed by atoms with Gasteiger partial charge in [0, 0.05) is 5.56 Å². The molecule has 1 rings (SSSR count). The Morgan fingerprint density at radius 2 is 1.50 bits per heavy atom.